The highest BCUT2D eigenvalue weighted by molar-refractivity contribution is 5.88. The summed E-state index contributed by atoms with van der Waals surface area (Å²) in [5, 5.41) is 3.29. The molecule has 1 aromatic heterocycles. The van der Waals surface area contributed by atoms with Crippen molar-refractivity contribution in [3.8, 4) is 0 Å². The molecule has 4 nitrogen and oxygen atoms in total. The first-order chi connectivity index (χ1) is 4.84. The van der Waals surface area contributed by atoms with Gasteiger partial charge in [-0.15, -0.1) is 0 Å². The van der Waals surface area contributed by atoms with Crippen LogP contribution < -0.4 is 0 Å². The van der Waals surface area contributed by atoms with Gasteiger partial charge in [-0.3, -0.25) is 0 Å². The van der Waals surface area contributed by atoms with E-state index < -0.39 is 5.97 Å². The average Bonchev–Trinajstić information content (AvgIpc) is 2.38. The Labute approximate surface area is 57.8 Å². The van der Waals surface area contributed by atoms with E-state index in [0.29, 0.717) is 6.61 Å². The molecule has 0 unspecified atom stereocenters. The molecule has 0 aromatic carbocycles. The molecule has 4 heteroatoms. The Morgan fingerprint density at radius 2 is 2.80 bits per heavy atom. The van der Waals surface area contributed by atoms with Crippen LogP contribution in [0.5, 0.6) is 0 Å². The van der Waals surface area contributed by atoms with Gasteiger partial charge in [0.2, 0.25) is 6.26 Å². The van der Waals surface area contributed by atoms with Crippen molar-refractivity contribution >= 4 is 5.97 Å². The molecule has 0 N–H and O–H groups in total. The summed E-state index contributed by atoms with van der Waals surface area (Å²) in [5.74, 6) is -0.455. The number of carbonyl (C=O) groups excluding carboxylic acids is 1. The Bertz CT molecular complexity index is 205. The highest BCUT2D eigenvalue weighted by Gasteiger charge is 2.07. The van der Waals surface area contributed by atoms with Gasteiger partial charge in [0.05, 0.1) is 12.8 Å². The van der Waals surface area contributed by atoms with E-state index in [1.165, 1.54) is 6.20 Å². The van der Waals surface area contributed by atoms with Gasteiger partial charge < -0.3 is 9.26 Å². The highest BCUT2D eigenvalue weighted by Crippen LogP contribution is 1.97. The van der Waals surface area contributed by atoms with Crippen LogP contribution in [0.3, 0.4) is 0 Å². The van der Waals surface area contributed by atoms with Crippen LogP contribution in [0.15, 0.2) is 10.7 Å². The molecule has 0 bridgehead atoms. The summed E-state index contributed by atoms with van der Waals surface area (Å²) < 4.78 is 8.92. The molecule has 1 radical (unpaired) electrons. The van der Waals surface area contributed by atoms with Crippen LogP contribution >= 0.6 is 0 Å². The zero-order chi connectivity index (χ0) is 7.40. The summed E-state index contributed by atoms with van der Waals surface area (Å²) in [6, 6.07) is 0. The maximum Gasteiger partial charge on any atom is 0.343 e. The van der Waals surface area contributed by atoms with Crippen molar-refractivity contribution in [1.29, 1.82) is 0 Å². The van der Waals surface area contributed by atoms with E-state index in [0.717, 1.165) is 0 Å². The average molecular weight is 140 g/mol. The monoisotopic (exact) mass is 140 g/mol. The maximum absolute atomic E-state index is 10.8. The van der Waals surface area contributed by atoms with Crippen LogP contribution in [0.1, 0.15) is 17.3 Å². The van der Waals surface area contributed by atoms with Crippen LogP contribution in [0.25, 0.3) is 0 Å². The van der Waals surface area contributed by atoms with E-state index in [2.05, 4.69) is 20.7 Å². The number of rotatable bonds is 2. The van der Waals surface area contributed by atoms with Gasteiger partial charge in [-0.05, 0) is 6.92 Å². The highest BCUT2D eigenvalue weighted by atomic mass is 16.5. The standard InChI is InChI=1S/C6H6NO3/c1-2-9-6(8)5-3-7-10-4-5/h3H,2H2,1H3. The number of hydrogen-bond acceptors (Lipinski definition) is 4. The van der Waals surface area contributed by atoms with Crippen LogP contribution in [0, 0.1) is 6.26 Å². The first-order valence-corrected chi connectivity index (χ1v) is 2.84. The fourth-order valence-electron chi connectivity index (χ4n) is 0.484. The number of ether oxygens (including phenoxy) is 1. The maximum atomic E-state index is 10.8. The smallest absolute Gasteiger partial charge is 0.343 e. The van der Waals surface area contributed by atoms with E-state index in [1.54, 1.807) is 6.92 Å². The molecule has 0 fully saturated rings. The summed E-state index contributed by atoms with van der Waals surface area (Å²) in [6.45, 7) is 2.07. The van der Waals surface area contributed by atoms with Crippen molar-refractivity contribution in [3.05, 3.63) is 18.0 Å². The van der Waals surface area contributed by atoms with Gasteiger partial charge in [0, 0.05) is 0 Å². The largest absolute Gasteiger partial charge is 0.462 e. The minimum atomic E-state index is -0.455. The van der Waals surface area contributed by atoms with E-state index >= 15 is 0 Å². The van der Waals surface area contributed by atoms with Crippen LogP contribution in [0.2, 0.25) is 0 Å². The second-order valence-corrected chi connectivity index (χ2v) is 1.56. The summed E-state index contributed by atoms with van der Waals surface area (Å²) in [6.07, 6.45) is 3.52. The number of nitrogens with zero attached hydrogens (tertiary/aromatic N) is 1. The predicted octanol–water partition coefficient (Wildman–Crippen LogP) is 0.651. The quantitative estimate of drug-likeness (QED) is 0.566. The van der Waals surface area contributed by atoms with Gasteiger partial charge in [0.15, 0.2) is 0 Å². The molecular weight excluding hydrogens is 134 g/mol. The molecule has 1 rings (SSSR count). The van der Waals surface area contributed by atoms with E-state index in [9.17, 15) is 4.79 Å². The Morgan fingerprint density at radius 1 is 2.00 bits per heavy atom. The number of hydrogen-bond donors (Lipinski definition) is 0. The Kier molecular flexibility index (Phi) is 2.04. The molecule has 0 saturated carbocycles. The normalized spacial score (nSPS) is 9.30. The fraction of sp³-hybridized carbons (Fsp3) is 0.333. The molecule has 0 amide bonds. The molecule has 53 valence electrons. The lowest BCUT2D eigenvalue weighted by Gasteiger charge is -1.94. The number of aromatic nitrogens is 1. The zero-order valence-corrected chi connectivity index (χ0v) is 5.46. The van der Waals surface area contributed by atoms with Gasteiger partial charge in [-0.25, -0.2) is 4.79 Å². The molecule has 0 aliphatic rings. The van der Waals surface area contributed by atoms with Gasteiger partial charge in [-0.2, -0.15) is 0 Å². The third-order valence-electron chi connectivity index (χ3n) is 0.885. The van der Waals surface area contributed by atoms with Gasteiger partial charge in [0.25, 0.3) is 0 Å². The lowest BCUT2D eigenvalue weighted by atomic mass is 10.4. The van der Waals surface area contributed by atoms with Crippen LogP contribution in [-0.2, 0) is 4.74 Å². The van der Waals surface area contributed by atoms with Gasteiger partial charge in [0.1, 0.15) is 5.56 Å². The number of carbonyl (C=O) groups is 1. The SMILES string of the molecule is CCOC(=O)c1[c]onc1. The minimum absolute atomic E-state index is 0.224. The van der Waals surface area contributed by atoms with E-state index in [4.69, 9.17) is 0 Å². The fourth-order valence-corrected chi connectivity index (χ4v) is 0.484. The second-order valence-electron chi connectivity index (χ2n) is 1.56. The molecule has 0 atom stereocenters. The topological polar surface area (TPSA) is 52.3 Å². The Hall–Kier alpha value is -1.32. The molecule has 10 heavy (non-hydrogen) atoms. The van der Waals surface area contributed by atoms with E-state index in [-0.39, 0.29) is 5.56 Å². The molecule has 0 saturated heterocycles. The van der Waals surface area contributed by atoms with Crippen molar-refractivity contribution in [2.24, 2.45) is 0 Å². The van der Waals surface area contributed by atoms with Crippen molar-refractivity contribution in [2.45, 2.75) is 6.92 Å². The van der Waals surface area contributed by atoms with Gasteiger partial charge in [-0.1, -0.05) is 5.16 Å². The minimum Gasteiger partial charge on any atom is -0.462 e. The third-order valence-corrected chi connectivity index (χ3v) is 0.885. The first-order valence-electron chi connectivity index (χ1n) is 2.84. The molecular formula is C6H6NO3. The van der Waals surface area contributed by atoms with E-state index in [1.807, 2.05) is 0 Å². The Morgan fingerprint density at radius 3 is 3.30 bits per heavy atom. The van der Waals surface area contributed by atoms with Crippen molar-refractivity contribution in [2.75, 3.05) is 6.61 Å². The van der Waals surface area contributed by atoms with Crippen molar-refractivity contribution in [3.63, 3.8) is 0 Å². The molecule has 1 heterocycles. The lowest BCUT2D eigenvalue weighted by molar-refractivity contribution is 0.0525. The Balaban J connectivity index is 2.59. The summed E-state index contributed by atoms with van der Waals surface area (Å²) >= 11 is 0. The number of esters is 1. The summed E-state index contributed by atoms with van der Waals surface area (Å²) in [7, 11) is 0. The van der Waals surface area contributed by atoms with Crippen LogP contribution in [0.4, 0.5) is 0 Å². The van der Waals surface area contributed by atoms with Gasteiger partial charge >= 0.3 is 5.97 Å². The summed E-state index contributed by atoms with van der Waals surface area (Å²) in [5.41, 5.74) is 0.224. The lowest BCUT2D eigenvalue weighted by Crippen LogP contribution is -2.02. The second kappa shape index (κ2) is 3.00. The van der Waals surface area contributed by atoms with Crippen molar-refractivity contribution < 1.29 is 14.1 Å². The molecule has 0 aliphatic heterocycles. The first kappa shape index (κ1) is 6.80. The summed E-state index contributed by atoms with van der Waals surface area (Å²) in [4.78, 5) is 10.8. The zero-order valence-electron chi connectivity index (χ0n) is 5.46. The molecule has 0 aliphatic carbocycles. The van der Waals surface area contributed by atoms with Crippen molar-refractivity contribution in [1.82, 2.24) is 5.16 Å². The third kappa shape index (κ3) is 1.34. The predicted molar refractivity (Wildman–Crippen MR) is 31.3 cm³/mol. The van der Waals surface area contributed by atoms with Crippen LogP contribution in [-0.4, -0.2) is 17.7 Å². The molecule has 1 aromatic rings. The molecule has 0 spiro atoms.